The van der Waals surface area contributed by atoms with Gasteiger partial charge in [0.15, 0.2) is 0 Å². The molecule has 1 amide bonds. The fourth-order valence-corrected chi connectivity index (χ4v) is 2.18. The van der Waals surface area contributed by atoms with Crippen molar-refractivity contribution < 1.29 is 35.1 Å². The zero-order chi connectivity index (χ0) is 20.7. The van der Waals surface area contributed by atoms with E-state index in [-0.39, 0.29) is 11.7 Å². The molecule has 0 aromatic heterocycles. The number of rotatable bonds is 8. The Labute approximate surface area is 160 Å². The van der Waals surface area contributed by atoms with Gasteiger partial charge in [0.2, 0.25) is 5.96 Å². The number of methoxy groups -OCH3 is 1. The molecule has 0 aliphatic carbocycles. The molecule has 11 heteroatoms. The summed E-state index contributed by atoms with van der Waals surface area (Å²) in [6.45, 7) is -0.785. The normalized spacial score (nSPS) is 19.9. The molecule has 1 aliphatic rings. The SMILES string of the molecule is COc1ccc(/C=C2\N=C(NN=C[C@H](O)[C@@H](O)[C@H](O)[C@H](O)CO)NC2=O)cc1. The zero-order valence-electron chi connectivity index (χ0n) is 14.9. The van der Waals surface area contributed by atoms with Gasteiger partial charge in [-0.1, -0.05) is 12.1 Å². The maximum atomic E-state index is 11.9. The van der Waals surface area contributed by atoms with E-state index in [2.05, 4.69) is 20.8 Å². The Morgan fingerprint density at radius 3 is 2.50 bits per heavy atom. The van der Waals surface area contributed by atoms with Crippen molar-refractivity contribution >= 4 is 24.2 Å². The van der Waals surface area contributed by atoms with Crippen LogP contribution in [-0.2, 0) is 4.79 Å². The predicted molar refractivity (Wildman–Crippen MR) is 99.3 cm³/mol. The average molecular weight is 394 g/mol. The van der Waals surface area contributed by atoms with E-state index in [9.17, 15) is 25.2 Å². The summed E-state index contributed by atoms with van der Waals surface area (Å²) >= 11 is 0. The summed E-state index contributed by atoms with van der Waals surface area (Å²) in [4.78, 5) is 15.9. The highest BCUT2D eigenvalue weighted by molar-refractivity contribution is 6.13. The van der Waals surface area contributed by atoms with E-state index in [1.807, 2.05) is 0 Å². The van der Waals surface area contributed by atoms with Gasteiger partial charge in [-0.25, -0.2) is 10.4 Å². The second kappa shape index (κ2) is 9.92. The van der Waals surface area contributed by atoms with Crippen LogP contribution in [0.1, 0.15) is 5.56 Å². The highest BCUT2D eigenvalue weighted by atomic mass is 16.5. The lowest BCUT2D eigenvalue weighted by molar-refractivity contribution is -0.115. The molecule has 28 heavy (non-hydrogen) atoms. The molecule has 1 aromatic carbocycles. The van der Waals surface area contributed by atoms with E-state index in [1.165, 1.54) is 0 Å². The molecule has 1 aliphatic heterocycles. The summed E-state index contributed by atoms with van der Waals surface area (Å²) in [5.41, 5.74) is 3.24. The number of nitrogens with one attached hydrogen (secondary N) is 2. The maximum absolute atomic E-state index is 11.9. The molecule has 0 fully saturated rings. The van der Waals surface area contributed by atoms with Gasteiger partial charge in [0.25, 0.3) is 5.91 Å². The van der Waals surface area contributed by atoms with E-state index in [4.69, 9.17) is 9.84 Å². The van der Waals surface area contributed by atoms with Crippen LogP contribution in [0.2, 0.25) is 0 Å². The van der Waals surface area contributed by atoms with Gasteiger partial charge < -0.3 is 30.3 Å². The Kier molecular flexibility index (Phi) is 7.61. The lowest BCUT2D eigenvalue weighted by Crippen LogP contribution is -2.46. The van der Waals surface area contributed by atoms with Crippen LogP contribution in [0, 0.1) is 0 Å². The molecule has 2 rings (SSSR count). The number of nitrogens with zero attached hydrogens (tertiary/aromatic N) is 2. The number of aliphatic hydroxyl groups is 5. The molecule has 0 spiro atoms. The number of guanidine groups is 1. The molecular formula is C17H22N4O7. The van der Waals surface area contributed by atoms with Crippen molar-refractivity contribution in [3.05, 3.63) is 35.5 Å². The quantitative estimate of drug-likeness (QED) is 0.144. The summed E-state index contributed by atoms with van der Waals surface area (Å²) in [5.74, 6) is 0.213. The van der Waals surface area contributed by atoms with Crippen LogP contribution >= 0.6 is 0 Å². The molecular weight excluding hydrogens is 372 g/mol. The highest BCUT2D eigenvalue weighted by Gasteiger charge is 2.29. The van der Waals surface area contributed by atoms with Gasteiger partial charge in [0.05, 0.1) is 19.9 Å². The summed E-state index contributed by atoms with van der Waals surface area (Å²) in [7, 11) is 1.55. The monoisotopic (exact) mass is 394 g/mol. The first-order valence-corrected chi connectivity index (χ1v) is 8.23. The number of carbonyl (C=O) groups is 1. The molecule has 152 valence electrons. The molecule has 7 N–H and O–H groups in total. The lowest BCUT2D eigenvalue weighted by Gasteiger charge is -2.23. The van der Waals surface area contributed by atoms with Crippen LogP contribution in [0.4, 0.5) is 0 Å². The van der Waals surface area contributed by atoms with Crippen LogP contribution in [0.3, 0.4) is 0 Å². The highest BCUT2D eigenvalue weighted by Crippen LogP contribution is 2.15. The van der Waals surface area contributed by atoms with Gasteiger partial charge in [0, 0.05) is 0 Å². The first kappa shape index (κ1) is 21.5. The number of benzene rings is 1. The fraction of sp³-hybridized carbons (Fsp3) is 0.353. The van der Waals surface area contributed by atoms with Crippen molar-refractivity contribution in [2.75, 3.05) is 13.7 Å². The minimum absolute atomic E-state index is 0.00126. The van der Waals surface area contributed by atoms with Crippen molar-refractivity contribution in [2.45, 2.75) is 24.4 Å². The third-order valence-corrected chi connectivity index (χ3v) is 3.79. The van der Waals surface area contributed by atoms with Crippen LogP contribution in [-0.4, -0.2) is 81.7 Å². The first-order chi connectivity index (χ1) is 13.3. The second-order valence-corrected chi connectivity index (χ2v) is 5.83. The third kappa shape index (κ3) is 5.58. The molecule has 1 aromatic rings. The van der Waals surface area contributed by atoms with Crippen LogP contribution in [0.25, 0.3) is 6.08 Å². The number of aliphatic hydroxyl groups excluding tert-OH is 5. The molecule has 0 unspecified atom stereocenters. The number of ether oxygens (including phenoxy) is 1. The Morgan fingerprint density at radius 2 is 1.89 bits per heavy atom. The van der Waals surface area contributed by atoms with Crippen molar-refractivity contribution in [2.24, 2.45) is 10.1 Å². The van der Waals surface area contributed by atoms with Gasteiger partial charge in [0.1, 0.15) is 35.9 Å². The lowest BCUT2D eigenvalue weighted by atomic mass is 10.0. The Morgan fingerprint density at radius 1 is 1.21 bits per heavy atom. The predicted octanol–water partition coefficient (Wildman–Crippen LogP) is -2.47. The number of hydrazone groups is 1. The van der Waals surface area contributed by atoms with Crippen molar-refractivity contribution in [3.8, 4) is 5.75 Å². The first-order valence-electron chi connectivity index (χ1n) is 8.23. The third-order valence-electron chi connectivity index (χ3n) is 3.79. The Bertz CT molecular complexity index is 763. The minimum Gasteiger partial charge on any atom is -0.497 e. The minimum atomic E-state index is -1.78. The Hall–Kier alpha value is -2.83. The summed E-state index contributed by atoms with van der Waals surface area (Å²) in [6, 6.07) is 6.98. The van der Waals surface area contributed by atoms with Gasteiger partial charge in [-0.05, 0) is 23.8 Å². The number of hydrogen-bond acceptors (Lipinski definition) is 10. The smallest absolute Gasteiger partial charge is 0.276 e. The molecule has 0 bridgehead atoms. The number of aliphatic imine (C=N–C) groups is 1. The second-order valence-electron chi connectivity index (χ2n) is 5.83. The number of amides is 1. The van der Waals surface area contributed by atoms with E-state index in [0.717, 1.165) is 11.8 Å². The number of hydrogen-bond donors (Lipinski definition) is 7. The molecule has 11 nitrogen and oxygen atoms in total. The van der Waals surface area contributed by atoms with Gasteiger partial charge in [-0.3, -0.25) is 10.1 Å². The van der Waals surface area contributed by atoms with Gasteiger partial charge in [-0.2, -0.15) is 5.10 Å². The summed E-state index contributed by atoms with van der Waals surface area (Å²) in [6.07, 6.45) is -4.41. The standard InChI is InChI=1S/C17H22N4O7/c1-28-10-4-2-9(3-5-10)6-11-16(27)20-17(19-11)21-18-7-12(23)14(25)15(26)13(24)8-22/h2-7,12-15,22-26H,8H2,1H3,(H2,19,20,21,27)/b11-6-,18-7?/t12-,13+,14+,15+/m0/s1. The largest absolute Gasteiger partial charge is 0.497 e. The van der Waals surface area contributed by atoms with E-state index in [0.29, 0.717) is 5.75 Å². The van der Waals surface area contributed by atoms with E-state index < -0.39 is 36.9 Å². The molecule has 0 radical (unpaired) electrons. The molecule has 0 saturated carbocycles. The van der Waals surface area contributed by atoms with Gasteiger partial charge >= 0.3 is 0 Å². The van der Waals surface area contributed by atoms with Crippen LogP contribution in [0.15, 0.2) is 40.1 Å². The van der Waals surface area contributed by atoms with Crippen LogP contribution < -0.4 is 15.5 Å². The van der Waals surface area contributed by atoms with Gasteiger partial charge in [-0.15, -0.1) is 0 Å². The van der Waals surface area contributed by atoms with Crippen molar-refractivity contribution in [1.82, 2.24) is 10.7 Å². The van der Waals surface area contributed by atoms with Crippen molar-refractivity contribution in [1.29, 1.82) is 0 Å². The van der Waals surface area contributed by atoms with E-state index in [1.54, 1.807) is 37.5 Å². The fourth-order valence-electron chi connectivity index (χ4n) is 2.18. The topological polar surface area (TPSA) is 176 Å². The summed E-state index contributed by atoms with van der Waals surface area (Å²) < 4.78 is 5.06. The summed E-state index contributed by atoms with van der Waals surface area (Å²) in [5, 5.41) is 52.9. The number of carbonyl (C=O) groups excluding carboxylic acids is 1. The molecule has 4 atom stereocenters. The Balaban J connectivity index is 1.97. The van der Waals surface area contributed by atoms with E-state index >= 15 is 0 Å². The van der Waals surface area contributed by atoms with Crippen molar-refractivity contribution in [3.63, 3.8) is 0 Å². The maximum Gasteiger partial charge on any atom is 0.276 e. The molecule has 1 heterocycles. The zero-order valence-corrected chi connectivity index (χ0v) is 14.9. The molecule has 0 saturated heterocycles. The average Bonchev–Trinajstić information content (AvgIpc) is 3.05. The van der Waals surface area contributed by atoms with Crippen LogP contribution in [0.5, 0.6) is 5.75 Å².